The highest BCUT2D eigenvalue weighted by Crippen LogP contribution is 2.29. The number of ether oxygens (including phenoxy) is 1. The molecule has 0 heterocycles. The van der Waals surface area contributed by atoms with E-state index in [-0.39, 0.29) is 0 Å². The number of aliphatic carboxylic acids is 1. The maximum Gasteiger partial charge on any atom is 0.344 e. The van der Waals surface area contributed by atoms with Crippen molar-refractivity contribution in [1.29, 1.82) is 0 Å². The Labute approximate surface area is 135 Å². The minimum Gasteiger partial charge on any atom is -0.479 e. The number of hydrogen-bond acceptors (Lipinski definition) is 3. The molecule has 118 valence electrons. The summed E-state index contributed by atoms with van der Waals surface area (Å²) in [6.45, 7) is 7.59. The van der Waals surface area contributed by atoms with Crippen LogP contribution in [0.2, 0.25) is 0 Å². The van der Waals surface area contributed by atoms with Gasteiger partial charge in [0.15, 0.2) is 6.10 Å². The molecule has 0 saturated heterocycles. The fourth-order valence-electron chi connectivity index (χ4n) is 2.14. The van der Waals surface area contributed by atoms with Crippen LogP contribution in [0, 0.1) is 6.92 Å². The third kappa shape index (κ3) is 5.67. The third-order valence-corrected chi connectivity index (χ3v) is 3.60. The van der Waals surface area contributed by atoms with Gasteiger partial charge in [0, 0.05) is 16.6 Å². The van der Waals surface area contributed by atoms with Gasteiger partial charge in [-0.3, -0.25) is 0 Å². The topological polar surface area (TPSA) is 58.6 Å². The average Bonchev–Trinajstić information content (AvgIpc) is 2.41. The van der Waals surface area contributed by atoms with E-state index >= 15 is 0 Å². The summed E-state index contributed by atoms with van der Waals surface area (Å²) in [4.78, 5) is 11.3. The van der Waals surface area contributed by atoms with E-state index in [0.29, 0.717) is 18.7 Å². The van der Waals surface area contributed by atoms with Gasteiger partial charge in [-0.15, -0.1) is 0 Å². The molecule has 0 radical (unpaired) electrons. The van der Waals surface area contributed by atoms with Crippen molar-refractivity contribution in [1.82, 2.24) is 5.32 Å². The highest BCUT2D eigenvalue weighted by Gasteiger charge is 2.21. The van der Waals surface area contributed by atoms with Crippen LogP contribution in [0.15, 0.2) is 16.6 Å². The molecule has 5 heteroatoms. The second kappa shape index (κ2) is 9.05. The maximum atomic E-state index is 11.3. The normalized spacial score (nSPS) is 12.2. The summed E-state index contributed by atoms with van der Waals surface area (Å²) in [6.07, 6.45) is 1.54. The van der Waals surface area contributed by atoms with E-state index in [0.717, 1.165) is 35.0 Å². The molecular weight excluding hydrogens is 334 g/mol. The maximum absolute atomic E-state index is 11.3. The number of halogens is 1. The number of carboxylic acid groups (broad SMARTS) is 1. The van der Waals surface area contributed by atoms with Gasteiger partial charge < -0.3 is 15.2 Å². The van der Waals surface area contributed by atoms with Gasteiger partial charge in [-0.2, -0.15) is 0 Å². The zero-order valence-corrected chi connectivity index (χ0v) is 14.5. The van der Waals surface area contributed by atoms with Crippen molar-refractivity contribution in [3.05, 3.63) is 27.7 Å². The van der Waals surface area contributed by atoms with Gasteiger partial charge in [-0.05, 0) is 44.0 Å². The Kier molecular flexibility index (Phi) is 7.75. The lowest BCUT2D eigenvalue weighted by Crippen LogP contribution is -2.28. The molecule has 0 fully saturated rings. The Hall–Kier alpha value is -1.07. The van der Waals surface area contributed by atoms with Crippen LogP contribution in [-0.4, -0.2) is 23.7 Å². The molecule has 1 aromatic rings. The van der Waals surface area contributed by atoms with Gasteiger partial charge in [0.2, 0.25) is 0 Å². The monoisotopic (exact) mass is 357 g/mol. The van der Waals surface area contributed by atoms with E-state index in [1.165, 1.54) is 0 Å². The van der Waals surface area contributed by atoms with Crippen molar-refractivity contribution >= 4 is 21.9 Å². The molecule has 2 N–H and O–H groups in total. The number of rotatable bonds is 9. The van der Waals surface area contributed by atoms with Crippen molar-refractivity contribution in [2.75, 3.05) is 6.54 Å². The molecule has 1 aromatic carbocycles. The SMILES string of the molecule is CCCNCc1cc(Br)cc(C)c1OC(CCC)C(=O)O. The molecule has 1 atom stereocenters. The molecule has 0 amide bonds. The van der Waals surface area contributed by atoms with Crippen LogP contribution in [0.1, 0.15) is 44.2 Å². The van der Waals surface area contributed by atoms with E-state index in [9.17, 15) is 9.90 Å². The lowest BCUT2D eigenvalue weighted by atomic mass is 10.1. The van der Waals surface area contributed by atoms with Crippen molar-refractivity contribution < 1.29 is 14.6 Å². The first-order valence-corrected chi connectivity index (χ1v) is 8.18. The largest absolute Gasteiger partial charge is 0.479 e. The quantitative estimate of drug-likeness (QED) is 0.658. The number of nitrogens with one attached hydrogen (secondary N) is 1. The van der Waals surface area contributed by atoms with Crippen LogP contribution in [0.3, 0.4) is 0 Å². The minimum absolute atomic E-state index is 0.507. The third-order valence-electron chi connectivity index (χ3n) is 3.14. The Morgan fingerprint density at radius 2 is 2.10 bits per heavy atom. The summed E-state index contributed by atoms with van der Waals surface area (Å²) in [5.74, 6) is -0.228. The van der Waals surface area contributed by atoms with Crippen molar-refractivity contribution in [2.24, 2.45) is 0 Å². The van der Waals surface area contributed by atoms with E-state index in [4.69, 9.17) is 4.74 Å². The molecule has 0 aliphatic rings. The number of benzene rings is 1. The number of carboxylic acids is 1. The first-order chi connectivity index (χ1) is 9.99. The lowest BCUT2D eigenvalue weighted by Gasteiger charge is -2.20. The minimum atomic E-state index is -0.911. The first-order valence-electron chi connectivity index (χ1n) is 7.38. The Bertz CT molecular complexity index is 477. The van der Waals surface area contributed by atoms with Crippen LogP contribution in [-0.2, 0) is 11.3 Å². The second-order valence-electron chi connectivity index (χ2n) is 5.12. The predicted octanol–water partition coefficient (Wildman–Crippen LogP) is 3.89. The summed E-state index contributed by atoms with van der Waals surface area (Å²) in [5.41, 5.74) is 1.93. The molecule has 1 unspecified atom stereocenters. The van der Waals surface area contributed by atoms with Crippen LogP contribution in [0.4, 0.5) is 0 Å². The molecular formula is C16H24BrNO3. The van der Waals surface area contributed by atoms with Gasteiger partial charge in [-0.1, -0.05) is 36.2 Å². The Balaban J connectivity index is 2.99. The van der Waals surface area contributed by atoms with E-state index < -0.39 is 12.1 Å². The van der Waals surface area contributed by atoms with Gasteiger partial charge >= 0.3 is 5.97 Å². The van der Waals surface area contributed by atoms with Crippen molar-refractivity contribution in [2.45, 2.75) is 52.7 Å². The molecule has 0 aliphatic heterocycles. The van der Waals surface area contributed by atoms with Gasteiger partial charge in [0.05, 0.1) is 0 Å². The number of hydrogen-bond donors (Lipinski definition) is 2. The summed E-state index contributed by atoms with van der Waals surface area (Å²) in [6, 6.07) is 3.93. The van der Waals surface area contributed by atoms with Crippen molar-refractivity contribution in [3.8, 4) is 5.75 Å². The summed E-state index contributed by atoms with van der Waals surface area (Å²) < 4.78 is 6.78. The van der Waals surface area contributed by atoms with Gasteiger partial charge in [-0.25, -0.2) is 4.79 Å². The number of carbonyl (C=O) groups is 1. The lowest BCUT2D eigenvalue weighted by molar-refractivity contribution is -0.145. The highest BCUT2D eigenvalue weighted by molar-refractivity contribution is 9.10. The van der Waals surface area contributed by atoms with Crippen LogP contribution >= 0.6 is 15.9 Å². The Morgan fingerprint density at radius 3 is 2.67 bits per heavy atom. The Morgan fingerprint density at radius 1 is 1.38 bits per heavy atom. The summed E-state index contributed by atoms with van der Waals surface area (Å²) >= 11 is 3.48. The van der Waals surface area contributed by atoms with E-state index in [2.05, 4.69) is 28.2 Å². The molecule has 4 nitrogen and oxygen atoms in total. The smallest absolute Gasteiger partial charge is 0.344 e. The average molecular weight is 358 g/mol. The molecule has 0 saturated carbocycles. The molecule has 0 aromatic heterocycles. The van der Waals surface area contributed by atoms with Gasteiger partial charge in [0.1, 0.15) is 5.75 Å². The second-order valence-corrected chi connectivity index (χ2v) is 6.04. The van der Waals surface area contributed by atoms with Crippen LogP contribution < -0.4 is 10.1 Å². The fraction of sp³-hybridized carbons (Fsp3) is 0.562. The fourth-order valence-corrected chi connectivity index (χ4v) is 2.76. The molecule has 0 spiro atoms. The van der Waals surface area contributed by atoms with E-state index in [1.807, 2.05) is 26.0 Å². The highest BCUT2D eigenvalue weighted by atomic mass is 79.9. The number of aryl methyl sites for hydroxylation is 1. The van der Waals surface area contributed by atoms with Crippen molar-refractivity contribution in [3.63, 3.8) is 0 Å². The molecule has 21 heavy (non-hydrogen) atoms. The molecule has 0 bridgehead atoms. The molecule has 0 aliphatic carbocycles. The first kappa shape index (κ1) is 18.0. The van der Waals surface area contributed by atoms with Crippen LogP contribution in [0.5, 0.6) is 5.75 Å². The summed E-state index contributed by atoms with van der Waals surface area (Å²) in [5, 5.41) is 12.6. The predicted molar refractivity (Wildman–Crippen MR) is 87.8 cm³/mol. The zero-order valence-electron chi connectivity index (χ0n) is 12.9. The van der Waals surface area contributed by atoms with Gasteiger partial charge in [0.25, 0.3) is 0 Å². The molecule has 1 rings (SSSR count). The van der Waals surface area contributed by atoms with Crippen LogP contribution in [0.25, 0.3) is 0 Å². The zero-order chi connectivity index (χ0) is 15.8. The van der Waals surface area contributed by atoms with E-state index in [1.54, 1.807) is 0 Å². The summed E-state index contributed by atoms with van der Waals surface area (Å²) in [7, 11) is 0. The standard InChI is InChI=1S/C16H24BrNO3/c1-4-6-14(16(19)20)21-15-11(3)8-13(17)9-12(15)10-18-7-5-2/h8-9,14,18H,4-7,10H2,1-3H3,(H,19,20).